The number of benzene rings is 1. The molecule has 0 aliphatic carbocycles. The minimum absolute atomic E-state index is 0.246. The Balaban J connectivity index is 1.96. The molecule has 2 heterocycles. The molecule has 24 heavy (non-hydrogen) atoms. The minimum Gasteiger partial charge on any atom is -0.299 e. The molecule has 128 valence electrons. The van der Waals surface area contributed by atoms with E-state index in [9.17, 15) is 9.59 Å². The van der Waals surface area contributed by atoms with Crippen LogP contribution in [-0.4, -0.2) is 31.6 Å². The zero-order valence-corrected chi connectivity index (χ0v) is 15.1. The predicted octanol–water partition coefficient (Wildman–Crippen LogP) is 1.76. The van der Waals surface area contributed by atoms with Gasteiger partial charge in [-0.15, -0.1) is 0 Å². The van der Waals surface area contributed by atoms with Gasteiger partial charge in [-0.05, 0) is 5.56 Å². The van der Waals surface area contributed by atoms with Gasteiger partial charge in [0.1, 0.15) is 0 Å². The molecule has 0 radical (unpaired) electrons. The van der Waals surface area contributed by atoms with E-state index in [1.54, 1.807) is 17.7 Å². The number of hydrogen-bond acceptors (Lipinski definition) is 4. The molecule has 1 fully saturated rings. The van der Waals surface area contributed by atoms with Crippen molar-refractivity contribution in [2.45, 2.75) is 24.8 Å². The Hall–Kier alpha value is -1.79. The SMILES string of the molecule is C[C@@H]1SCCN(Cc2cc(=O)n(C)c(=O)n2C)[C@@H]1c1ccccc1. The van der Waals surface area contributed by atoms with Crippen LogP contribution in [0.3, 0.4) is 0 Å². The van der Waals surface area contributed by atoms with Gasteiger partial charge in [-0.2, -0.15) is 11.8 Å². The molecule has 0 unspecified atom stereocenters. The summed E-state index contributed by atoms with van der Waals surface area (Å²) in [6.45, 7) is 3.79. The second-order valence-corrected chi connectivity index (χ2v) is 7.76. The van der Waals surface area contributed by atoms with Gasteiger partial charge in [-0.1, -0.05) is 37.3 Å². The molecule has 1 aliphatic heterocycles. The van der Waals surface area contributed by atoms with E-state index in [-0.39, 0.29) is 17.3 Å². The summed E-state index contributed by atoms with van der Waals surface area (Å²) in [6, 6.07) is 12.3. The Kier molecular flexibility index (Phi) is 4.96. The third-order valence-corrected chi connectivity index (χ3v) is 5.93. The van der Waals surface area contributed by atoms with Crippen molar-refractivity contribution in [3.63, 3.8) is 0 Å². The van der Waals surface area contributed by atoms with Gasteiger partial charge in [0.2, 0.25) is 0 Å². The average Bonchev–Trinajstić information content (AvgIpc) is 2.59. The largest absolute Gasteiger partial charge is 0.330 e. The first kappa shape index (κ1) is 17.0. The lowest BCUT2D eigenvalue weighted by molar-refractivity contribution is 0.186. The van der Waals surface area contributed by atoms with Crippen molar-refractivity contribution in [2.75, 3.05) is 12.3 Å². The van der Waals surface area contributed by atoms with Gasteiger partial charge in [-0.3, -0.25) is 18.8 Å². The summed E-state index contributed by atoms with van der Waals surface area (Å²) in [5.74, 6) is 1.06. The van der Waals surface area contributed by atoms with Gasteiger partial charge in [0.05, 0.1) is 0 Å². The van der Waals surface area contributed by atoms with Crippen LogP contribution in [0.25, 0.3) is 0 Å². The summed E-state index contributed by atoms with van der Waals surface area (Å²) in [5, 5.41) is 0.463. The summed E-state index contributed by atoms with van der Waals surface area (Å²) in [6.07, 6.45) is 0. The Morgan fingerprint density at radius 2 is 1.83 bits per heavy atom. The normalized spacial score (nSPS) is 21.8. The maximum Gasteiger partial charge on any atom is 0.330 e. The number of thioether (sulfide) groups is 1. The molecule has 1 aliphatic rings. The number of hydrogen-bond donors (Lipinski definition) is 0. The first-order chi connectivity index (χ1) is 11.5. The Labute approximate surface area is 145 Å². The molecule has 0 bridgehead atoms. The predicted molar refractivity (Wildman–Crippen MR) is 98.4 cm³/mol. The summed E-state index contributed by atoms with van der Waals surface area (Å²) in [5.41, 5.74) is 1.53. The van der Waals surface area contributed by atoms with Crippen LogP contribution >= 0.6 is 11.8 Å². The molecule has 3 rings (SSSR count). The second kappa shape index (κ2) is 6.99. The Morgan fingerprint density at radius 1 is 1.12 bits per heavy atom. The molecule has 6 heteroatoms. The molecule has 5 nitrogen and oxygen atoms in total. The quantitative estimate of drug-likeness (QED) is 0.851. The zero-order chi connectivity index (χ0) is 17.3. The van der Waals surface area contributed by atoms with Crippen LogP contribution in [0, 0.1) is 0 Å². The van der Waals surface area contributed by atoms with Crippen molar-refractivity contribution in [1.29, 1.82) is 0 Å². The Morgan fingerprint density at radius 3 is 2.54 bits per heavy atom. The highest BCUT2D eigenvalue weighted by Crippen LogP contribution is 2.36. The second-order valence-electron chi connectivity index (χ2n) is 6.28. The molecule has 2 atom stereocenters. The molecule has 0 spiro atoms. The average molecular weight is 345 g/mol. The number of aromatic nitrogens is 2. The molecule has 0 amide bonds. The van der Waals surface area contributed by atoms with Crippen molar-refractivity contribution in [2.24, 2.45) is 14.1 Å². The van der Waals surface area contributed by atoms with Crippen molar-refractivity contribution >= 4 is 11.8 Å². The van der Waals surface area contributed by atoms with E-state index in [4.69, 9.17) is 0 Å². The van der Waals surface area contributed by atoms with Crippen molar-refractivity contribution in [3.8, 4) is 0 Å². The highest BCUT2D eigenvalue weighted by atomic mass is 32.2. The maximum absolute atomic E-state index is 12.2. The molecular weight excluding hydrogens is 322 g/mol. The Bertz CT molecular complexity index is 828. The standard InChI is InChI=1S/C18H23N3O2S/c1-13-17(14-7-5-4-6-8-14)21(9-10-24-13)12-15-11-16(22)20(3)18(23)19(15)2/h4-8,11,13,17H,9-10,12H2,1-3H3/t13-,17-/m0/s1. The van der Waals surface area contributed by atoms with Crippen LogP contribution in [0.1, 0.15) is 24.2 Å². The highest BCUT2D eigenvalue weighted by molar-refractivity contribution is 8.00. The van der Waals surface area contributed by atoms with Crippen molar-refractivity contribution in [3.05, 3.63) is 68.5 Å². The zero-order valence-electron chi connectivity index (χ0n) is 14.3. The fourth-order valence-corrected chi connectivity index (χ4v) is 4.55. The van der Waals surface area contributed by atoms with Crippen molar-refractivity contribution < 1.29 is 0 Å². The fourth-order valence-electron chi connectivity index (χ4n) is 3.33. The molecule has 0 saturated carbocycles. The highest BCUT2D eigenvalue weighted by Gasteiger charge is 2.30. The van der Waals surface area contributed by atoms with Crippen LogP contribution < -0.4 is 11.2 Å². The number of nitrogens with zero attached hydrogens (tertiary/aromatic N) is 3. The summed E-state index contributed by atoms with van der Waals surface area (Å²) in [7, 11) is 3.25. The van der Waals surface area contributed by atoms with Gasteiger partial charge < -0.3 is 0 Å². The molecule has 1 aromatic carbocycles. The molecule has 2 aromatic rings. The van der Waals surface area contributed by atoms with Gasteiger partial charge in [0.25, 0.3) is 5.56 Å². The topological polar surface area (TPSA) is 47.2 Å². The van der Waals surface area contributed by atoms with E-state index in [0.29, 0.717) is 11.8 Å². The summed E-state index contributed by atoms with van der Waals surface area (Å²) < 4.78 is 2.72. The van der Waals surface area contributed by atoms with Crippen LogP contribution in [0.4, 0.5) is 0 Å². The van der Waals surface area contributed by atoms with Gasteiger partial charge in [0, 0.05) is 56.0 Å². The van der Waals surface area contributed by atoms with E-state index >= 15 is 0 Å². The lowest BCUT2D eigenvalue weighted by atomic mass is 10.0. The summed E-state index contributed by atoms with van der Waals surface area (Å²) in [4.78, 5) is 26.5. The third kappa shape index (κ3) is 3.21. The number of rotatable bonds is 3. The first-order valence-corrected chi connectivity index (χ1v) is 9.20. The van der Waals surface area contributed by atoms with Crippen LogP contribution in [-0.2, 0) is 20.6 Å². The van der Waals surface area contributed by atoms with Crippen LogP contribution in [0.2, 0.25) is 0 Å². The third-order valence-electron chi connectivity index (χ3n) is 4.73. The first-order valence-electron chi connectivity index (χ1n) is 8.15. The van der Waals surface area contributed by atoms with Crippen LogP contribution in [0.15, 0.2) is 46.0 Å². The molecule has 1 saturated heterocycles. The lowest BCUT2D eigenvalue weighted by Gasteiger charge is -2.40. The maximum atomic E-state index is 12.2. The van der Waals surface area contributed by atoms with E-state index in [1.165, 1.54) is 12.6 Å². The molecule has 0 N–H and O–H groups in total. The van der Waals surface area contributed by atoms with Gasteiger partial charge in [-0.25, -0.2) is 4.79 Å². The van der Waals surface area contributed by atoms with Crippen LogP contribution in [0.5, 0.6) is 0 Å². The lowest BCUT2D eigenvalue weighted by Crippen LogP contribution is -2.43. The van der Waals surface area contributed by atoms with E-state index in [1.807, 2.05) is 17.8 Å². The van der Waals surface area contributed by atoms with E-state index < -0.39 is 0 Å². The van der Waals surface area contributed by atoms with Gasteiger partial charge >= 0.3 is 5.69 Å². The van der Waals surface area contributed by atoms with Crippen molar-refractivity contribution in [1.82, 2.24) is 14.0 Å². The molecule has 1 aromatic heterocycles. The minimum atomic E-state index is -0.270. The van der Waals surface area contributed by atoms with E-state index in [2.05, 4.69) is 36.1 Å². The monoisotopic (exact) mass is 345 g/mol. The fraction of sp³-hybridized carbons (Fsp3) is 0.444. The van der Waals surface area contributed by atoms with Gasteiger partial charge in [0.15, 0.2) is 0 Å². The summed E-state index contributed by atoms with van der Waals surface area (Å²) >= 11 is 1.97. The molecular formula is C18H23N3O2S. The van der Waals surface area contributed by atoms with E-state index in [0.717, 1.165) is 22.6 Å². The smallest absolute Gasteiger partial charge is 0.299 e.